The highest BCUT2D eigenvalue weighted by molar-refractivity contribution is 6.21. The van der Waals surface area contributed by atoms with Crippen LogP contribution in [0.25, 0.3) is 0 Å². The van der Waals surface area contributed by atoms with Gasteiger partial charge >= 0.3 is 5.69 Å². The zero-order valence-electron chi connectivity index (χ0n) is 20.9. The van der Waals surface area contributed by atoms with E-state index < -0.39 is 11.8 Å². The van der Waals surface area contributed by atoms with E-state index in [1.165, 1.54) is 4.90 Å². The fourth-order valence-electron chi connectivity index (χ4n) is 5.97. The van der Waals surface area contributed by atoms with Gasteiger partial charge in [0.2, 0.25) is 0 Å². The molecule has 2 amide bonds. The average Bonchev–Trinajstić information content (AvgIpc) is 3.35. The second-order valence-electron chi connectivity index (χ2n) is 10.3. The molecule has 196 valence electrons. The van der Waals surface area contributed by atoms with E-state index in [1.54, 1.807) is 28.8 Å². The van der Waals surface area contributed by atoms with Crippen molar-refractivity contribution in [2.45, 2.75) is 31.9 Å². The molecule has 3 aliphatic rings. The van der Waals surface area contributed by atoms with Gasteiger partial charge in [-0.3, -0.25) is 19.1 Å². The minimum atomic E-state index is -0.666. The quantitative estimate of drug-likeness (QED) is 0.287. The van der Waals surface area contributed by atoms with Crippen LogP contribution in [0.5, 0.6) is 0 Å². The zero-order valence-corrected chi connectivity index (χ0v) is 20.9. The van der Waals surface area contributed by atoms with Crippen LogP contribution in [0.15, 0.2) is 53.5 Å². The van der Waals surface area contributed by atoms with E-state index in [1.807, 2.05) is 31.3 Å². The summed E-state index contributed by atoms with van der Waals surface area (Å²) in [7, 11) is 0. The number of imide groups is 1. The molecule has 1 fully saturated rings. The summed E-state index contributed by atoms with van der Waals surface area (Å²) in [5.41, 5.74) is 3.93. The molecule has 2 aromatic carbocycles. The Morgan fingerprint density at radius 2 is 1.79 bits per heavy atom. The van der Waals surface area contributed by atoms with Gasteiger partial charge in [-0.25, -0.2) is 4.79 Å². The number of carbonyl (C=O) groups is 2. The summed E-state index contributed by atoms with van der Waals surface area (Å²) in [6, 6.07) is 12.4. The molecule has 4 N–H and O–H groups in total. The second-order valence-corrected chi connectivity index (χ2v) is 10.3. The molecule has 38 heavy (non-hydrogen) atoms. The summed E-state index contributed by atoms with van der Waals surface area (Å²) in [6.45, 7) is 2.35. The van der Waals surface area contributed by atoms with Crippen molar-refractivity contribution in [2.24, 2.45) is 11.8 Å². The third-order valence-electron chi connectivity index (χ3n) is 8.10. The van der Waals surface area contributed by atoms with E-state index in [0.29, 0.717) is 36.3 Å². The third-order valence-corrected chi connectivity index (χ3v) is 8.10. The van der Waals surface area contributed by atoms with Crippen molar-refractivity contribution in [1.82, 2.24) is 14.5 Å². The summed E-state index contributed by atoms with van der Waals surface area (Å²) in [6.07, 6.45) is 2.23. The number of carbonyl (C=O) groups excluding carboxylic acids is 2. The molecule has 3 aromatic rings. The standard InChI is InChI=1S/C28H29N5O5/c1-15-22(12-18(14-34)24(15)35)33-13-17-11-16-5-4-8-21(23(16)30-25(17)31-28(33)38)29-9-10-32-26(36)19-6-2-3-7-20(19)27(32)37/h2-8,13,15,18,22,24,29,34-35H,9-12,14H2,1H3,(H,30,31,38). The number of para-hydroxylation sites is 1. The lowest BCUT2D eigenvalue weighted by Crippen LogP contribution is -2.34. The molecule has 1 aromatic heterocycles. The minimum Gasteiger partial charge on any atom is -0.396 e. The molecule has 3 heterocycles. The lowest BCUT2D eigenvalue weighted by Gasteiger charge is -2.26. The smallest absolute Gasteiger partial charge is 0.349 e. The summed E-state index contributed by atoms with van der Waals surface area (Å²) in [4.78, 5) is 43.8. The number of amides is 2. The molecule has 0 spiro atoms. The van der Waals surface area contributed by atoms with Gasteiger partial charge in [-0.05, 0) is 30.2 Å². The predicted octanol–water partition coefficient (Wildman–Crippen LogP) is 2.15. The molecule has 0 radical (unpaired) electrons. The first kappa shape index (κ1) is 24.3. The highest BCUT2D eigenvalue weighted by Crippen LogP contribution is 2.41. The molecule has 0 saturated heterocycles. The van der Waals surface area contributed by atoms with Gasteiger partial charge in [0.1, 0.15) is 5.82 Å². The number of nitrogens with one attached hydrogen (secondary N) is 2. The average molecular weight is 516 g/mol. The van der Waals surface area contributed by atoms with E-state index >= 15 is 0 Å². The van der Waals surface area contributed by atoms with Gasteiger partial charge in [0.25, 0.3) is 11.8 Å². The lowest BCUT2D eigenvalue weighted by molar-refractivity contribution is 0.0629. The molecule has 1 saturated carbocycles. The normalized spacial score (nSPS) is 23.6. The van der Waals surface area contributed by atoms with Crippen LogP contribution in [0, 0.1) is 11.8 Å². The Bertz CT molecular complexity index is 1470. The number of anilines is 3. The number of hydrogen-bond donors (Lipinski definition) is 4. The number of rotatable bonds is 6. The molecule has 10 nitrogen and oxygen atoms in total. The van der Waals surface area contributed by atoms with E-state index in [4.69, 9.17) is 0 Å². The molecule has 4 atom stereocenters. The molecule has 2 aliphatic heterocycles. The first-order valence-electron chi connectivity index (χ1n) is 12.9. The van der Waals surface area contributed by atoms with Gasteiger partial charge in [-0.15, -0.1) is 0 Å². The Kier molecular flexibility index (Phi) is 6.00. The molecule has 10 heteroatoms. The summed E-state index contributed by atoms with van der Waals surface area (Å²) in [5, 5.41) is 26.6. The number of hydrogen-bond acceptors (Lipinski definition) is 8. The number of aromatic nitrogens is 2. The van der Waals surface area contributed by atoms with Gasteiger partial charge in [0.05, 0.1) is 28.6 Å². The van der Waals surface area contributed by atoms with Crippen molar-refractivity contribution < 1.29 is 19.8 Å². The first-order valence-corrected chi connectivity index (χ1v) is 12.9. The number of aliphatic hydroxyl groups excluding tert-OH is 2. The van der Waals surface area contributed by atoms with E-state index in [0.717, 1.165) is 22.5 Å². The molecule has 0 bridgehead atoms. The fraction of sp³-hybridized carbons (Fsp3) is 0.357. The van der Waals surface area contributed by atoms with Crippen LogP contribution in [0.3, 0.4) is 0 Å². The highest BCUT2D eigenvalue weighted by Gasteiger charge is 2.41. The summed E-state index contributed by atoms with van der Waals surface area (Å²) in [5.74, 6) is -0.524. The Balaban J connectivity index is 1.18. The molecule has 4 unspecified atom stereocenters. The maximum atomic E-state index is 13.0. The van der Waals surface area contributed by atoms with E-state index in [-0.39, 0.29) is 42.8 Å². The second kappa shape index (κ2) is 9.38. The summed E-state index contributed by atoms with van der Waals surface area (Å²) < 4.78 is 1.60. The summed E-state index contributed by atoms with van der Waals surface area (Å²) >= 11 is 0. The van der Waals surface area contributed by atoms with Crippen LogP contribution in [-0.4, -0.2) is 62.3 Å². The van der Waals surface area contributed by atoms with Crippen LogP contribution in [0.4, 0.5) is 17.2 Å². The van der Waals surface area contributed by atoms with E-state index in [2.05, 4.69) is 15.6 Å². The van der Waals surface area contributed by atoms with Crippen LogP contribution in [-0.2, 0) is 6.42 Å². The van der Waals surface area contributed by atoms with E-state index in [9.17, 15) is 24.6 Å². The van der Waals surface area contributed by atoms with Crippen LogP contribution < -0.4 is 16.3 Å². The molecular formula is C28H29N5O5. The Morgan fingerprint density at radius 3 is 2.47 bits per heavy atom. The largest absolute Gasteiger partial charge is 0.396 e. The monoisotopic (exact) mass is 515 g/mol. The minimum absolute atomic E-state index is 0.118. The van der Waals surface area contributed by atoms with Crippen molar-refractivity contribution in [3.8, 4) is 0 Å². The van der Waals surface area contributed by atoms with Gasteiger partial charge in [-0.1, -0.05) is 31.2 Å². The fourth-order valence-corrected chi connectivity index (χ4v) is 5.97. The topological polar surface area (TPSA) is 137 Å². The molecule has 1 aliphatic carbocycles. The predicted molar refractivity (Wildman–Crippen MR) is 141 cm³/mol. The number of benzene rings is 2. The van der Waals surface area contributed by atoms with Crippen LogP contribution in [0.2, 0.25) is 0 Å². The maximum absolute atomic E-state index is 13.0. The highest BCUT2D eigenvalue weighted by atomic mass is 16.3. The Hall–Kier alpha value is -4.02. The molecule has 6 rings (SSSR count). The van der Waals surface area contributed by atoms with Gasteiger partial charge in [-0.2, -0.15) is 4.98 Å². The maximum Gasteiger partial charge on any atom is 0.349 e. The lowest BCUT2D eigenvalue weighted by atomic mass is 9.99. The van der Waals surface area contributed by atoms with Gasteiger partial charge in [0.15, 0.2) is 0 Å². The number of fused-ring (bicyclic) bond motifs is 3. The SMILES string of the molecule is CC1C(O)C(CO)CC1n1cc2c(nc1=O)Nc1c(cccc1NCCN1C(=O)c3ccccc3C1=O)C2. The molecular weight excluding hydrogens is 486 g/mol. The van der Waals surface area contributed by atoms with Crippen molar-refractivity contribution in [3.05, 3.63) is 81.4 Å². The number of nitrogens with zero attached hydrogens (tertiary/aromatic N) is 3. The van der Waals surface area contributed by atoms with Crippen molar-refractivity contribution in [1.29, 1.82) is 0 Å². The Morgan fingerprint density at radius 1 is 1.05 bits per heavy atom. The van der Waals surface area contributed by atoms with Gasteiger partial charge in [0, 0.05) is 55.8 Å². The first-order chi connectivity index (χ1) is 18.4. The van der Waals surface area contributed by atoms with Crippen molar-refractivity contribution >= 4 is 29.0 Å². The van der Waals surface area contributed by atoms with Gasteiger partial charge < -0.3 is 20.8 Å². The van der Waals surface area contributed by atoms with Crippen molar-refractivity contribution in [2.75, 3.05) is 30.3 Å². The third kappa shape index (κ3) is 3.88. The Labute approximate surface area is 218 Å². The van der Waals surface area contributed by atoms with Crippen LogP contribution in [0.1, 0.15) is 51.2 Å². The zero-order chi connectivity index (χ0) is 26.6. The number of aliphatic hydroxyl groups is 2. The van der Waals surface area contributed by atoms with Crippen molar-refractivity contribution in [3.63, 3.8) is 0 Å². The van der Waals surface area contributed by atoms with Crippen LogP contribution >= 0.6 is 0 Å².